The highest BCUT2D eigenvalue weighted by Crippen LogP contribution is 2.27. The molecule has 0 aliphatic rings. The number of halogens is 1. The third kappa shape index (κ3) is 2.25. The highest BCUT2D eigenvalue weighted by molar-refractivity contribution is 7.10. The van der Waals surface area contributed by atoms with Crippen molar-refractivity contribution in [1.29, 1.82) is 0 Å². The molecule has 0 radical (unpaired) electrons. The van der Waals surface area contributed by atoms with E-state index in [1.165, 1.54) is 17.0 Å². The zero-order valence-corrected chi connectivity index (χ0v) is 9.01. The maximum atomic E-state index is 12.8. The molecule has 0 aliphatic heterocycles. The summed E-state index contributed by atoms with van der Waals surface area (Å²) in [6, 6.07) is 10.6. The van der Waals surface area contributed by atoms with Crippen molar-refractivity contribution >= 4 is 11.3 Å². The number of nitrogens with two attached hydrogens (primary N) is 1. The fourth-order valence-electron chi connectivity index (χ4n) is 1.60. The van der Waals surface area contributed by atoms with Gasteiger partial charge in [-0.05, 0) is 29.1 Å². The molecule has 1 aromatic carbocycles. The molecule has 3 heteroatoms. The third-order valence-electron chi connectivity index (χ3n) is 2.39. The monoisotopic (exact) mass is 221 g/mol. The predicted molar refractivity (Wildman–Crippen MR) is 61.6 cm³/mol. The maximum absolute atomic E-state index is 12.8. The lowest BCUT2D eigenvalue weighted by molar-refractivity contribution is 0.626. The summed E-state index contributed by atoms with van der Waals surface area (Å²) in [4.78, 5) is 1.23. The first-order valence-electron chi connectivity index (χ1n) is 4.80. The highest BCUT2D eigenvalue weighted by Gasteiger charge is 2.12. The van der Waals surface area contributed by atoms with Gasteiger partial charge in [0.15, 0.2) is 0 Å². The Labute approximate surface area is 92.4 Å². The van der Waals surface area contributed by atoms with Crippen molar-refractivity contribution in [2.45, 2.75) is 5.92 Å². The Balaban J connectivity index is 2.31. The van der Waals surface area contributed by atoms with Crippen molar-refractivity contribution in [1.82, 2.24) is 0 Å². The van der Waals surface area contributed by atoms with Gasteiger partial charge in [0, 0.05) is 17.3 Å². The maximum Gasteiger partial charge on any atom is 0.123 e. The minimum Gasteiger partial charge on any atom is -0.329 e. The average Bonchev–Trinajstić information content (AvgIpc) is 2.75. The molecule has 1 nitrogen and oxygen atoms in total. The van der Waals surface area contributed by atoms with Gasteiger partial charge in [0.05, 0.1) is 0 Å². The van der Waals surface area contributed by atoms with Gasteiger partial charge in [0.2, 0.25) is 0 Å². The molecule has 0 aliphatic carbocycles. The molecule has 1 heterocycles. The Morgan fingerprint density at radius 3 is 2.47 bits per heavy atom. The summed E-state index contributed by atoms with van der Waals surface area (Å²) in [5, 5.41) is 2.03. The molecule has 1 unspecified atom stereocenters. The normalized spacial score (nSPS) is 12.7. The molecule has 0 saturated heterocycles. The average molecular weight is 221 g/mol. The van der Waals surface area contributed by atoms with Crippen molar-refractivity contribution < 1.29 is 4.39 Å². The standard InChI is InChI=1S/C12H12FNS/c13-10-5-3-9(4-6-10)11(8-14)12-2-1-7-15-12/h1-7,11H,8,14H2. The van der Waals surface area contributed by atoms with Crippen LogP contribution in [0.15, 0.2) is 41.8 Å². The molecule has 2 N–H and O–H groups in total. The zero-order chi connectivity index (χ0) is 10.7. The minimum atomic E-state index is -0.208. The van der Waals surface area contributed by atoms with Crippen molar-refractivity contribution in [2.24, 2.45) is 5.73 Å². The van der Waals surface area contributed by atoms with Gasteiger partial charge >= 0.3 is 0 Å². The van der Waals surface area contributed by atoms with Crippen molar-refractivity contribution in [3.63, 3.8) is 0 Å². The van der Waals surface area contributed by atoms with E-state index in [0.717, 1.165) is 5.56 Å². The third-order valence-corrected chi connectivity index (χ3v) is 3.38. The number of benzene rings is 1. The summed E-state index contributed by atoms with van der Waals surface area (Å²) in [6.07, 6.45) is 0. The Kier molecular flexibility index (Phi) is 3.14. The molecule has 0 amide bonds. The Hall–Kier alpha value is -1.19. The fourth-order valence-corrected chi connectivity index (χ4v) is 2.47. The summed E-state index contributed by atoms with van der Waals surface area (Å²) in [5.41, 5.74) is 6.82. The van der Waals surface area contributed by atoms with Gasteiger partial charge in [-0.25, -0.2) is 4.39 Å². The van der Waals surface area contributed by atoms with Crippen LogP contribution in [-0.4, -0.2) is 6.54 Å². The van der Waals surface area contributed by atoms with Gasteiger partial charge in [-0.3, -0.25) is 0 Å². The van der Waals surface area contributed by atoms with E-state index in [1.54, 1.807) is 23.5 Å². The summed E-state index contributed by atoms with van der Waals surface area (Å²) < 4.78 is 12.8. The van der Waals surface area contributed by atoms with E-state index in [-0.39, 0.29) is 11.7 Å². The van der Waals surface area contributed by atoms with Gasteiger partial charge in [0.1, 0.15) is 5.82 Å². The molecule has 1 aromatic heterocycles. The summed E-state index contributed by atoms with van der Waals surface area (Å²) >= 11 is 1.68. The van der Waals surface area contributed by atoms with E-state index in [4.69, 9.17) is 5.73 Å². The first-order chi connectivity index (χ1) is 7.31. The van der Waals surface area contributed by atoms with Gasteiger partial charge < -0.3 is 5.73 Å². The largest absolute Gasteiger partial charge is 0.329 e. The zero-order valence-electron chi connectivity index (χ0n) is 8.19. The number of hydrogen-bond donors (Lipinski definition) is 1. The van der Waals surface area contributed by atoms with Gasteiger partial charge in [-0.1, -0.05) is 18.2 Å². The molecule has 15 heavy (non-hydrogen) atoms. The van der Waals surface area contributed by atoms with Crippen LogP contribution in [0.25, 0.3) is 0 Å². The summed E-state index contributed by atoms with van der Waals surface area (Å²) in [5.74, 6) is -0.0219. The first-order valence-corrected chi connectivity index (χ1v) is 5.68. The predicted octanol–water partition coefficient (Wildman–Crippen LogP) is 2.98. The second kappa shape index (κ2) is 4.55. The van der Waals surface area contributed by atoms with Crippen LogP contribution in [0, 0.1) is 5.82 Å². The molecule has 1 atom stereocenters. The Bertz CT molecular complexity index is 408. The molecule has 78 valence electrons. The van der Waals surface area contributed by atoms with Crippen LogP contribution < -0.4 is 5.73 Å². The SMILES string of the molecule is NCC(c1ccc(F)cc1)c1cccs1. The lowest BCUT2D eigenvalue weighted by Gasteiger charge is -2.13. The molecule has 0 bridgehead atoms. The summed E-state index contributed by atoms with van der Waals surface area (Å²) in [6.45, 7) is 0.548. The number of hydrogen-bond acceptors (Lipinski definition) is 2. The number of thiophene rings is 1. The van der Waals surface area contributed by atoms with Gasteiger partial charge in [-0.15, -0.1) is 11.3 Å². The van der Waals surface area contributed by atoms with E-state index in [0.29, 0.717) is 6.54 Å². The molecular formula is C12H12FNS. The van der Waals surface area contributed by atoms with Crippen molar-refractivity contribution in [3.8, 4) is 0 Å². The van der Waals surface area contributed by atoms with E-state index < -0.39 is 0 Å². The first kappa shape index (κ1) is 10.3. The Morgan fingerprint density at radius 2 is 1.93 bits per heavy atom. The van der Waals surface area contributed by atoms with Crippen LogP contribution in [0.2, 0.25) is 0 Å². The highest BCUT2D eigenvalue weighted by atomic mass is 32.1. The second-order valence-electron chi connectivity index (χ2n) is 3.36. The van der Waals surface area contributed by atoms with Crippen LogP contribution in [0.5, 0.6) is 0 Å². The van der Waals surface area contributed by atoms with E-state index in [2.05, 4.69) is 6.07 Å². The van der Waals surface area contributed by atoms with Crippen LogP contribution in [0.1, 0.15) is 16.4 Å². The van der Waals surface area contributed by atoms with Crippen LogP contribution in [-0.2, 0) is 0 Å². The topological polar surface area (TPSA) is 26.0 Å². The quantitative estimate of drug-likeness (QED) is 0.847. The van der Waals surface area contributed by atoms with E-state index in [9.17, 15) is 4.39 Å². The Morgan fingerprint density at radius 1 is 1.20 bits per heavy atom. The van der Waals surface area contributed by atoms with Crippen LogP contribution in [0.4, 0.5) is 4.39 Å². The van der Waals surface area contributed by atoms with Crippen LogP contribution >= 0.6 is 11.3 Å². The smallest absolute Gasteiger partial charge is 0.123 e. The van der Waals surface area contributed by atoms with Crippen molar-refractivity contribution in [2.75, 3.05) is 6.54 Å². The lowest BCUT2D eigenvalue weighted by atomic mass is 9.98. The lowest BCUT2D eigenvalue weighted by Crippen LogP contribution is -2.12. The molecule has 0 fully saturated rings. The summed E-state index contributed by atoms with van der Waals surface area (Å²) in [7, 11) is 0. The molecule has 0 spiro atoms. The second-order valence-corrected chi connectivity index (χ2v) is 4.33. The number of rotatable bonds is 3. The van der Waals surface area contributed by atoms with Crippen LogP contribution in [0.3, 0.4) is 0 Å². The van der Waals surface area contributed by atoms with E-state index >= 15 is 0 Å². The minimum absolute atomic E-state index is 0.186. The molecule has 2 rings (SSSR count). The molecule has 2 aromatic rings. The molecular weight excluding hydrogens is 209 g/mol. The fraction of sp³-hybridized carbons (Fsp3) is 0.167. The van der Waals surface area contributed by atoms with Gasteiger partial charge in [-0.2, -0.15) is 0 Å². The van der Waals surface area contributed by atoms with E-state index in [1.807, 2.05) is 11.4 Å². The molecule has 0 saturated carbocycles. The van der Waals surface area contributed by atoms with Gasteiger partial charge in [0.25, 0.3) is 0 Å². The van der Waals surface area contributed by atoms with Crippen molar-refractivity contribution in [3.05, 3.63) is 58.0 Å².